The number of nitrogens with zero attached hydrogens (tertiary/aromatic N) is 3. The maximum atomic E-state index is 12.7. The molecule has 0 radical (unpaired) electrons. The van der Waals surface area contributed by atoms with Gasteiger partial charge in [-0.15, -0.1) is 0 Å². The van der Waals surface area contributed by atoms with Gasteiger partial charge in [-0.25, -0.2) is 9.59 Å². The second-order valence-corrected chi connectivity index (χ2v) is 7.93. The summed E-state index contributed by atoms with van der Waals surface area (Å²) in [6.45, 7) is 3.69. The van der Waals surface area contributed by atoms with Crippen molar-refractivity contribution in [3.8, 4) is 0 Å². The van der Waals surface area contributed by atoms with Gasteiger partial charge < -0.3 is 24.3 Å². The number of carbonyl (C=O) groups is 2. The zero-order valence-corrected chi connectivity index (χ0v) is 19.5. The Hall–Kier alpha value is -3.95. The van der Waals surface area contributed by atoms with E-state index >= 15 is 0 Å². The van der Waals surface area contributed by atoms with E-state index in [9.17, 15) is 14.7 Å². The van der Waals surface area contributed by atoms with Gasteiger partial charge in [0.05, 0.1) is 13.7 Å². The van der Waals surface area contributed by atoms with Gasteiger partial charge in [-0.2, -0.15) is 0 Å². The molecule has 10 heteroatoms. The van der Waals surface area contributed by atoms with E-state index in [0.717, 1.165) is 18.5 Å². The predicted molar refractivity (Wildman–Crippen MR) is 122 cm³/mol. The Labute approximate surface area is 197 Å². The third-order valence-corrected chi connectivity index (χ3v) is 5.30. The average molecular weight is 469 g/mol. The number of carboxylic acids is 1. The number of rotatable bonds is 10. The molecule has 0 aliphatic heterocycles. The molecule has 1 aromatic heterocycles. The van der Waals surface area contributed by atoms with Crippen LogP contribution in [0.2, 0.25) is 0 Å². The smallest absolute Gasteiger partial charge is 0.358 e. The third-order valence-electron chi connectivity index (χ3n) is 5.30. The number of esters is 1. The first-order valence-corrected chi connectivity index (χ1v) is 10.6. The van der Waals surface area contributed by atoms with E-state index in [4.69, 9.17) is 19.1 Å². The summed E-state index contributed by atoms with van der Waals surface area (Å²) in [5.41, 5.74) is -0.243. The second-order valence-electron chi connectivity index (χ2n) is 7.93. The molecule has 1 aromatic carbocycles. The number of methoxy groups -OCH3 is 1. The highest BCUT2D eigenvalue weighted by molar-refractivity contribution is 6.43. The molecule has 1 N–H and O–H groups in total. The van der Waals surface area contributed by atoms with E-state index in [1.807, 2.05) is 6.92 Å². The Balaban J connectivity index is 2.06. The molecular formula is C24H27N3O7. The van der Waals surface area contributed by atoms with Crippen LogP contribution in [0.1, 0.15) is 42.1 Å². The summed E-state index contributed by atoms with van der Waals surface area (Å²) in [5.74, 6) is -1.61. The van der Waals surface area contributed by atoms with Gasteiger partial charge in [0.15, 0.2) is 5.71 Å². The largest absolute Gasteiger partial charge is 0.476 e. The van der Waals surface area contributed by atoms with Crippen LogP contribution in [0.5, 0.6) is 0 Å². The van der Waals surface area contributed by atoms with Gasteiger partial charge >= 0.3 is 11.9 Å². The van der Waals surface area contributed by atoms with E-state index < -0.39 is 17.5 Å². The topological polar surface area (TPSA) is 129 Å². The molecule has 0 amide bonds. The fourth-order valence-electron chi connectivity index (χ4n) is 3.09. The van der Waals surface area contributed by atoms with Crippen LogP contribution in [-0.2, 0) is 34.3 Å². The van der Waals surface area contributed by atoms with Crippen LogP contribution in [0.4, 0.5) is 0 Å². The van der Waals surface area contributed by atoms with Crippen molar-refractivity contribution in [1.29, 1.82) is 0 Å². The number of pyridine rings is 1. The number of benzene rings is 1. The maximum Gasteiger partial charge on any atom is 0.358 e. The van der Waals surface area contributed by atoms with Crippen LogP contribution < -0.4 is 0 Å². The molecule has 1 heterocycles. The Morgan fingerprint density at radius 2 is 1.82 bits per heavy atom. The SMILES string of the molecule is CO/N=C(/C(=O)O)c1ccccc1/C(=N\OC(C)(C(=O)OC)c1ccc(C)nc1)OCC1CC1. The fourth-order valence-corrected chi connectivity index (χ4v) is 3.09. The van der Waals surface area contributed by atoms with E-state index in [2.05, 4.69) is 15.3 Å². The lowest BCUT2D eigenvalue weighted by molar-refractivity contribution is -0.169. The molecule has 1 fully saturated rings. The number of hydrogen-bond acceptors (Lipinski definition) is 9. The molecule has 3 rings (SSSR count). The first-order valence-electron chi connectivity index (χ1n) is 10.6. The summed E-state index contributed by atoms with van der Waals surface area (Å²) in [6, 6.07) is 9.97. The Morgan fingerprint density at radius 3 is 2.38 bits per heavy atom. The first-order chi connectivity index (χ1) is 16.3. The van der Waals surface area contributed by atoms with Crippen LogP contribution in [-0.4, -0.2) is 54.5 Å². The second kappa shape index (κ2) is 10.8. The highest BCUT2D eigenvalue weighted by atomic mass is 16.7. The standard InChI is InChI=1S/C24H27N3O7/c1-15-9-12-17(13-25-15)24(2,23(30)31-3)34-27-21(33-14-16-10-11-16)19-8-6-5-7-18(19)20(22(28)29)26-32-4/h5-9,12-13,16H,10-11,14H2,1-4H3,(H,28,29)/b26-20+,27-21+. The van der Waals surface area contributed by atoms with Crippen LogP contribution in [0.25, 0.3) is 0 Å². The number of carboxylic acid groups (broad SMARTS) is 1. The number of hydrogen-bond donors (Lipinski definition) is 1. The Morgan fingerprint density at radius 1 is 1.12 bits per heavy atom. The Kier molecular flexibility index (Phi) is 7.83. The number of ether oxygens (including phenoxy) is 2. The van der Waals surface area contributed by atoms with Crippen LogP contribution in [0.15, 0.2) is 52.9 Å². The van der Waals surface area contributed by atoms with Crippen molar-refractivity contribution >= 4 is 23.5 Å². The molecular weight excluding hydrogens is 442 g/mol. The molecule has 0 spiro atoms. The summed E-state index contributed by atoms with van der Waals surface area (Å²) in [5, 5.41) is 17.4. The third kappa shape index (κ3) is 5.69. The Bertz CT molecular complexity index is 1090. The van der Waals surface area contributed by atoms with Gasteiger partial charge in [0.25, 0.3) is 11.5 Å². The maximum absolute atomic E-state index is 12.7. The summed E-state index contributed by atoms with van der Waals surface area (Å²) in [6.07, 6.45) is 3.56. The monoisotopic (exact) mass is 469 g/mol. The zero-order chi connectivity index (χ0) is 24.7. The molecule has 1 saturated carbocycles. The minimum atomic E-state index is -1.63. The van der Waals surface area contributed by atoms with Gasteiger partial charge in [0, 0.05) is 28.6 Å². The minimum Gasteiger partial charge on any atom is -0.476 e. The minimum absolute atomic E-state index is 0.00255. The molecule has 10 nitrogen and oxygen atoms in total. The molecule has 34 heavy (non-hydrogen) atoms. The van der Waals surface area contributed by atoms with Crippen molar-refractivity contribution in [3.05, 3.63) is 65.0 Å². The average Bonchev–Trinajstić information content (AvgIpc) is 3.67. The van der Waals surface area contributed by atoms with Crippen molar-refractivity contribution in [3.63, 3.8) is 0 Å². The quantitative estimate of drug-likeness (QED) is 0.243. The van der Waals surface area contributed by atoms with E-state index in [1.165, 1.54) is 27.3 Å². The first kappa shape index (κ1) is 24.7. The molecule has 180 valence electrons. The van der Waals surface area contributed by atoms with E-state index in [1.54, 1.807) is 36.4 Å². The van der Waals surface area contributed by atoms with Crippen molar-refractivity contribution in [2.24, 2.45) is 16.2 Å². The molecule has 0 bridgehead atoms. The highest BCUT2D eigenvalue weighted by Crippen LogP contribution is 2.30. The molecule has 2 aromatic rings. The lowest BCUT2D eigenvalue weighted by Gasteiger charge is -2.25. The molecule has 0 saturated heterocycles. The molecule has 1 atom stereocenters. The van der Waals surface area contributed by atoms with Crippen molar-refractivity contribution in [1.82, 2.24) is 4.98 Å². The van der Waals surface area contributed by atoms with Crippen LogP contribution in [0.3, 0.4) is 0 Å². The van der Waals surface area contributed by atoms with E-state index in [0.29, 0.717) is 23.7 Å². The van der Waals surface area contributed by atoms with Gasteiger partial charge in [-0.3, -0.25) is 4.98 Å². The number of carbonyl (C=O) groups excluding carboxylic acids is 1. The number of aryl methyl sites for hydroxylation is 1. The molecule has 1 aliphatic rings. The zero-order valence-electron chi connectivity index (χ0n) is 19.5. The van der Waals surface area contributed by atoms with Gasteiger partial charge in [0.2, 0.25) is 0 Å². The van der Waals surface area contributed by atoms with Gasteiger partial charge in [-0.05, 0) is 49.9 Å². The lowest BCUT2D eigenvalue weighted by Crippen LogP contribution is -2.36. The summed E-state index contributed by atoms with van der Waals surface area (Å²) in [7, 11) is 2.50. The normalized spacial score (nSPS) is 15.8. The fraction of sp³-hybridized carbons (Fsp3) is 0.375. The van der Waals surface area contributed by atoms with Crippen molar-refractivity contribution in [2.45, 2.75) is 32.3 Å². The van der Waals surface area contributed by atoms with Crippen molar-refractivity contribution in [2.75, 3.05) is 20.8 Å². The van der Waals surface area contributed by atoms with Gasteiger partial charge in [-0.1, -0.05) is 29.4 Å². The van der Waals surface area contributed by atoms with Crippen LogP contribution in [0, 0.1) is 12.8 Å². The van der Waals surface area contributed by atoms with Gasteiger partial charge in [0.1, 0.15) is 7.11 Å². The lowest BCUT2D eigenvalue weighted by atomic mass is 9.97. The number of oxime groups is 2. The van der Waals surface area contributed by atoms with E-state index in [-0.39, 0.29) is 17.2 Å². The number of aromatic nitrogens is 1. The van der Waals surface area contributed by atoms with Crippen molar-refractivity contribution < 1.29 is 33.8 Å². The summed E-state index contributed by atoms with van der Waals surface area (Å²) in [4.78, 5) is 39.2. The predicted octanol–water partition coefficient (Wildman–Crippen LogP) is 3.02. The summed E-state index contributed by atoms with van der Waals surface area (Å²) < 4.78 is 10.9. The summed E-state index contributed by atoms with van der Waals surface area (Å²) >= 11 is 0. The van der Waals surface area contributed by atoms with Crippen LogP contribution >= 0.6 is 0 Å². The molecule has 1 unspecified atom stereocenters. The molecule has 1 aliphatic carbocycles. The number of aliphatic carboxylic acids is 1. The highest BCUT2D eigenvalue weighted by Gasteiger charge is 2.41.